The highest BCUT2D eigenvalue weighted by Crippen LogP contribution is 2.16. The molecule has 0 saturated carbocycles. The Kier molecular flexibility index (Phi) is 5.36. The van der Waals surface area contributed by atoms with Crippen LogP contribution in [0.3, 0.4) is 0 Å². The van der Waals surface area contributed by atoms with Gasteiger partial charge in [-0.15, -0.1) is 0 Å². The van der Waals surface area contributed by atoms with Crippen LogP contribution in [0.1, 0.15) is 6.42 Å². The predicted octanol–water partition coefficient (Wildman–Crippen LogP) is 0.269. The monoisotopic (exact) mass is 299 g/mol. The maximum absolute atomic E-state index is 12.1. The number of nitrogens with zero attached hydrogens (tertiary/aromatic N) is 1. The second kappa shape index (κ2) is 7.03. The zero-order chi connectivity index (χ0) is 14.4. The van der Waals surface area contributed by atoms with Crippen molar-refractivity contribution in [3.63, 3.8) is 0 Å². The predicted molar refractivity (Wildman–Crippen MR) is 77.9 cm³/mol. The largest absolute Gasteiger partial charge is 0.398 e. The molecule has 0 unspecified atom stereocenters. The number of morpholine rings is 1. The van der Waals surface area contributed by atoms with Gasteiger partial charge in [0, 0.05) is 19.6 Å². The molecule has 0 aliphatic carbocycles. The van der Waals surface area contributed by atoms with Crippen molar-refractivity contribution in [2.75, 3.05) is 45.1 Å². The number of ether oxygens (including phenoxy) is 1. The van der Waals surface area contributed by atoms with Gasteiger partial charge < -0.3 is 10.5 Å². The molecular formula is C13H21N3O3S. The molecule has 0 spiro atoms. The topological polar surface area (TPSA) is 84.7 Å². The first-order valence-corrected chi connectivity index (χ1v) is 8.22. The van der Waals surface area contributed by atoms with Crippen LogP contribution in [-0.2, 0) is 14.8 Å². The van der Waals surface area contributed by atoms with Crippen LogP contribution in [0.15, 0.2) is 29.2 Å². The van der Waals surface area contributed by atoms with Crippen LogP contribution in [-0.4, -0.2) is 52.7 Å². The lowest BCUT2D eigenvalue weighted by atomic mass is 10.3. The molecule has 112 valence electrons. The van der Waals surface area contributed by atoms with Gasteiger partial charge in [-0.25, -0.2) is 13.1 Å². The van der Waals surface area contributed by atoms with Gasteiger partial charge in [0.1, 0.15) is 4.90 Å². The molecule has 6 nitrogen and oxygen atoms in total. The normalized spacial score (nSPS) is 17.2. The summed E-state index contributed by atoms with van der Waals surface area (Å²) in [4.78, 5) is 2.42. The van der Waals surface area contributed by atoms with Gasteiger partial charge in [-0.2, -0.15) is 0 Å². The number of hydrogen-bond donors (Lipinski definition) is 2. The van der Waals surface area contributed by atoms with E-state index in [4.69, 9.17) is 10.5 Å². The smallest absolute Gasteiger partial charge is 0.242 e. The zero-order valence-corrected chi connectivity index (χ0v) is 12.2. The average Bonchev–Trinajstić information content (AvgIpc) is 2.45. The van der Waals surface area contributed by atoms with Gasteiger partial charge in [0.15, 0.2) is 0 Å². The molecule has 1 fully saturated rings. The molecule has 1 aromatic carbocycles. The summed E-state index contributed by atoms with van der Waals surface area (Å²) in [7, 11) is -3.51. The first kappa shape index (κ1) is 15.2. The van der Waals surface area contributed by atoms with Crippen molar-refractivity contribution in [2.45, 2.75) is 11.3 Å². The highest BCUT2D eigenvalue weighted by Gasteiger charge is 2.16. The Morgan fingerprint density at radius 3 is 2.65 bits per heavy atom. The summed E-state index contributed by atoms with van der Waals surface area (Å²) in [6, 6.07) is 6.48. The number of benzene rings is 1. The van der Waals surface area contributed by atoms with E-state index in [2.05, 4.69) is 9.62 Å². The highest BCUT2D eigenvalue weighted by atomic mass is 32.2. The Morgan fingerprint density at radius 2 is 1.95 bits per heavy atom. The molecule has 0 bridgehead atoms. The van der Waals surface area contributed by atoms with Crippen molar-refractivity contribution in [1.82, 2.24) is 9.62 Å². The Hall–Kier alpha value is -1.15. The second-order valence-electron chi connectivity index (χ2n) is 4.74. The quantitative estimate of drug-likeness (QED) is 0.582. The summed E-state index contributed by atoms with van der Waals surface area (Å²) in [6.45, 7) is 4.62. The molecule has 1 saturated heterocycles. The van der Waals surface area contributed by atoms with E-state index in [0.29, 0.717) is 6.54 Å². The van der Waals surface area contributed by atoms with Gasteiger partial charge >= 0.3 is 0 Å². The number of anilines is 1. The average molecular weight is 299 g/mol. The number of sulfonamides is 1. The van der Waals surface area contributed by atoms with E-state index >= 15 is 0 Å². The van der Waals surface area contributed by atoms with E-state index in [1.165, 1.54) is 6.07 Å². The summed E-state index contributed by atoms with van der Waals surface area (Å²) in [6.07, 6.45) is 0.770. The molecule has 0 atom stereocenters. The fraction of sp³-hybridized carbons (Fsp3) is 0.538. The number of rotatable bonds is 6. The van der Waals surface area contributed by atoms with Crippen molar-refractivity contribution in [1.29, 1.82) is 0 Å². The third kappa shape index (κ3) is 4.17. The van der Waals surface area contributed by atoms with E-state index in [1.807, 2.05) is 0 Å². The van der Waals surface area contributed by atoms with Crippen molar-refractivity contribution in [3.8, 4) is 0 Å². The molecule has 20 heavy (non-hydrogen) atoms. The molecule has 3 N–H and O–H groups in total. The van der Waals surface area contributed by atoms with E-state index in [0.717, 1.165) is 39.3 Å². The number of nitrogen functional groups attached to an aromatic ring is 1. The second-order valence-corrected chi connectivity index (χ2v) is 6.48. The first-order valence-electron chi connectivity index (χ1n) is 6.74. The SMILES string of the molecule is Nc1ccccc1S(=O)(=O)NCCCN1CCOCC1. The standard InChI is InChI=1S/C13H21N3O3S/c14-12-4-1-2-5-13(12)20(17,18)15-6-3-7-16-8-10-19-11-9-16/h1-2,4-5,15H,3,6-11,14H2. The summed E-state index contributed by atoms with van der Waals surface area (Å²) in [5, 5.41) is 0. The van der Waals surface area contributed by atoms with Crippen molar-refractivity contribution in [3.05, 3.63) is 24.3 Å². The third-order valence-corrected chi connectivity index (χ3v) is 4.79. The molecule has 1 aromatic rings. The van der Waals surface area contributed by atoms with Crippen molar-refractivity contribution >= 4 is 15.7 Å². The summed E-state index contributed by atoms with van der Waals surface area (Å²) < 4.78 is 32.0. The maximum Gasteiger partial charge on any atom is 0.242 e. The van der Waals surface area contributed by atoms with Crippen LogP contribution in [0.25, 0.3) is 0 Å². The minimum absolute atomic E-state index is 0.145. The lowest BCUT2D eigenvalue weighted by molar-refractivity contribution is 0.0376. The molecule has 1 aliphatic heterocycles. The van der Waals surface area contributed by atoms with Gasteiger partial charge in [0.05, 0.1) is 18.9 Å². The van der Waals surface area contributed by atoms with Gasteiger partial charge in [0.2, 0.25) is 10.0 Å². The molecular weight excluding hydrogens is 278 g/mol. The van der Waals surface area contributed by atoms with E-state index in [1.54, 1.807) is 18.2 Å². The van der Waals surface area contributed by atoms with Crippen LogP contribution in [0.4, 0.5) is 5.69 Å². The molecule has 0 aromatic heterocycles. The summed E-state index contributed by atoms with van der Waals surface area (Å²) in [5.74, 6) is 0. The fourth-order valence-corrected chi connectivity index (χ4v) is 3.34. The number of nitrogens with two attached hydrogens (primary N) is 1. The van der Waals surface area contributed by atoms with E-state index < -0.39 is 10.0 Å². The van der Waals surface area contributed by atoms with Crippen LogP contribution in [0, 0.1) is 0 Å². The fourth-order valence-electron chi connectivity index (χ4n) is 2.14. The van der Waals surface area contributed by atoms with Gasteiger partial charge in [0.25, 0.3) is 0 Å². The molecule has 7 heteroatoms. The van der Waals surface area contributed by atoms with Gasteiger partial charge in [-0.3, -0.25) is 4.90 Å². The van der Waals surface area contributed by atoms with Gasteiger partial charge in [-0.05, 0) is 25.1 Å². The van der Waals surface area contributed by atoms with Crippen molar-refractivity contribution < 1.29 is 13.2 Å². The Balaban J connectivity index is 1.79. The molecule has 0 amide bonds. The molecule has 1 aliphatic rings. The van der Waals surface area contributed by atoms with Crippen molar-refractivity contribution in [2.24, 2.45) is 0 Å². The van der Waals surface area contributed by atoms with Crippen LogP contribution in [0.2, 0.25) is 0 Å². The summed E-state index contributed by atoms with van der Waals surface area (Å²) in [5.41, 5.74) is 5.96. The highest BCUT2D eigenvalue weighted by molar-refractivity contribution is 7.89. The molecule has 1 heterocycles. The third-order valence-electron chi connectivity index (χ3n) is 3.26. The number of hydrogen-bond acceptors (Lipinski definition) is 5. The van der Waals surface area contributed by atoms with Crippen LogP contribution in [0.5, 0.6) is 0 Å². The zero-order valence-electron chi connectivity index (χ0n) is 11.4. The molecule has 2 rings (SSSR count). The van der Waals surface area contributed by atoms with E-state index in [9.17, 15) is 8.42 Å². The number of para-hydroxylation sites is 1. The minimum Gasteiger partial charge on any atom is -0.398 e. The first-order chi connectivity index (χ1) is 9.59. The Bertz CT molecular complexity index is 527. The lowest BCUT2D eigenvalue weighted by Gasteiger charge is -2.26. The minimum atomic E-state index is -3.51. The van der Waals surface area contributed by atoms with Crippen LogP contribution >= 0.6 is 0 Å². The van der Waals surface area contributed by atoms with Crippen LogP contribution < -0.4 is 10.5 Å². The molecule has 0 radical (unpaired) electrons. The summed E-state index contributed by atoms with van der Waals surface area (Å²) >= 11 is 0. The van der Waals surface area contributed by atoms with E-state index in [-0.39, 0.29) is 10.6 Å². The number of nitrogens with one attached hydrogen (secondary N) is 1. The lowest BCUT2D eigenvalue weighted by Crippen LogP contribution is -2.38. The Morgan fingerprint density at radius 1 is 1.25 bits per heavy atom. The maximum atomic E-state index is 12.1. The van der Waals surface area contributed by atoms with Gasteiger partial charge in [-0.1, -0.05) is 12.1 Å². The Labute approximate surface area is 120 Å².